The molecule has 1 aliphatic rings. The lowest BCUT2D eigenvalue weighted by Crippen LogP contribution is -2.42. The first kappa shape index (κ1) is 20.0. The Balaban J connectivity index is 1.49. The van der Waals surface area contributed by atoms with Crippen LogP contribution in [0, 0.1) is 0 Å². The van der Waals surface area contributed by atoms with Crippen LogP contribution in [0.15, 0.2) is 42.6 Å². The number of piperidine rings is 1. The number of halogens is 3. The van der Waals surface area contributed by atoms with Crippen molar-refractivity contribution in [3.8, 4) is 5.75 Å². The standard InChI is InChI=1S/C20H20F3N5O2/c1-30-15-5-2-4-13(12-15)25-19(29)27-10-7-14(8-11-27)28-17-16(6-3-9-24-17)26-18(28)20(21,22)23/h2-6,9,12,14H,7-8,10-11H2,1H3,(H,25,29). The first-order valence-corrected chi connectivity index (χ1v) is 9.47. The van der Waals surface area contributed by atoms with Crippen molar-refractivity contribution < 1.29 is 22.7 Å². The topological polar surface area (TPSA) is 72.3 Å². The van der Waals surface area contributed by atoms with Gasteiger partial charge in [0.05, 0.1) is 7.11 Å². The maximum atomic E-state index is 13.6. The van der Waals surface area contributed by atoms with E-state index < -0.39 is 18.0 Å². The zero-order valence-corrected chi connectivity index (χ0v) is 16.2. The van der Waals surface area contributed by atoms with Gasteiger partial charge in [-0.1, -0.05) is 6.07 Å². The maximum Gasteiger partial charge on any atom is 0.449 e. The number of benzene rings is 1. The number of alkyl halides is 3. The zero-order valence-electron chi connectivity index (χ0n) is 16.2. The summed E-state index contributed by atoms with van der Waals surface area (Å²) in [7, 11) is 1.54. The number of fused-ring (bicyclic) bond motifs is 1. The van der Waals surface area contributed by atoms with Crippen LogP contribution >= 0.6 is 0 Å². The van der Waals surface area contributed by atoms with Crippen molar-refractivity contribution in [2.75, 3.05) is 25.5 Å². The molecule has 2 aromatic heterocycles. The zero-order chi connectivity index (χ0) is 21.3. The van der Waals surface area contributed by atoms with Gasteiger partial charge in [-0.2, -0.15) is 13.2 Å². The highest BCUT2D eigenvalue weighted by molar-refractivity contribution is 5.89. The lowest BCUT2D eigenvalue weighted by Gasteiger charge is -2.33. The van der Waals surface area contributed by atoms with Crippen LogP contribution in [0.5, 0.6) is 5.75 Å². The highest BCUT2D eigenvalue weighted by Crippen LogP contribution is 2.36. The number of carbonyl (C=O) groups is 1. The molecular weight excluding hydrogens is 399 g/mol. The van der Waals surface area contributed by atoms with Crippen molar-refractivity contribution >= 4 is 22.9 Å². The molecule has 0 atom stereocenters. The number of anilines is 1. The Morgan fingerprint density at radius 2 is 1.97 bits per heavy atom. The Bertz CT molecular complexity index is 1060. The summed E-state index contributed by atoms with van der Waals surface area (Å²) in [6, 6.07) is 9.30. The van der Waals surface area contributed by atoms with E-state index in [9.17, 15) is 18.0 Å². The van der Waals surface area contributed by atoms with Crippen molar-refractivity contribution in [2.45, 2.75) is 25.1 Å². The van der Waals surface area contributed by atoms with Crippen LogP contribution < -0.4 is 10.1 Å². The lowest BCUT2D eigenvalue weighted by molar-refractivity contribution is -0.147. The van der Waals surface area contributed by atoms with E-state index in [4.69, 9.17) is 4.74 Å². The molecular formula is C20H20F3N5O2. The molecule has 0 saturated carbocycles. The summed E-state index contributed by atoms with van der Waals surface area (Å²) in [6.07, 6.45) is -2.38. The molecule has 0 bridgehead atoms. The van der Waals surface area contributed by atoms with E-state index in [2.05, 4.69) is 15.3 Å². The molecule has 7 nitrogen and oxygen atoms in total. The third kappa shape index (κ3) is 3.89. The predicted octanol–water partition coefficient (Wildman–Crippen LogP) is 4.33. The van der Waals surface area contributed by atoms with Gasteiger partial charge in [-0.3, -0.25) is 0 Å². The van der Waals surface area contributed by atoms with E-state index in [1.54, 1.807) is 35.2 Å². The SMILES string of the molecule is COc1cccc(NC(=O)N2CCC(n3c(C(F)(F)F)nc4cccnc43)CC2)c1. The summed E-state index contributed by atoms with van der Waals surface area (Å²) in [5.74, 6) is -0.332. The molecule has 0 radical (unpaired) electrons. The molecule has 1 aromatic carbocycles. The third-order valence-electron chi connectivity index (χ3n) is 5.14. The number of rotatable bonds is 3. The summed E-state index contributed by atoms with van der Waals surface area (Å²) in [5.41, 5.74) is 1.01. The first-order valence-electron chi connectivity index (χ1n) is 9.47. The number of hydrogen-bond donors (Lipinski definition) is 1. The molecule has 1 aliphatic heterocycles. The van der Waals surface area contributed by atoms with Crippen molar-refractivity contribution in [3.05, 3.63) is 48.4 Å². The van der Waals surface area contributed by atoms with Crippen molar-refractivity contribution in [2.24, 2.45) is 0 Å². The number of ether oxygens (including phenoxy) is 1. The number of methoxy groups -OCH3 is 1. The van der Waals surface area contributed by atoms with Crippen LogP contribution in [-0.4, -0.2) is 45.7 Å². The number of nitrogens with one attached hydrogen (secondary N) is 1. The van der Waals surface area contributed by atoms with Crippen LogP contribution in [0.4, 0.5) is 23.7 Å². The molecule has 1 fully saturated rings. The molecule has 30 heavy (non-hydrogen) atoms. The number of aromatic nitrogens is 3. The second-order valence-corrected chi connectivity index (χ2v) is 7.03. The van der Waals surface area contributed by atoms with E-state index in [1.807, 2.05) is 0 Å². The van der Waals surface area contributed by atoms with Gasteiger partial charge < -0.3 is 19.5 Å². The minimum Gasteiger partial charge on any atom is -0.497 e. The van der Waals surface area contributed by atoms with Gasteiger partial charge in [0.25, 0.3) is 0 Å². The second-order valence-electron chi connectivity index (χ2n) is 7.03. The molecule has 158 valence electrons. The van der Waals surface area contributed by atoms with Crippen LogP contribution in [0.3, 0.4) is 0 Å². The van der Waals surface area contributed by atoms with E-state index in [0.717, 1.165) is 0 Å². The van der Waals surface area contributed by atoms with Crippen LogP contribution in [0.2, 0.25) is 0 Å². The second kappa shape index (κ2) is 7.85. The summed E-state index contributed by atoms with van der Waals surface area (Å²) in [4.78, 5) is 22.0. The van der Waals surface area contributed by atoms with E-state index in [0.29, 0.717) is 37.4 Å². The van der Waals surface area contributed by atoms with Gasteiger partial charge in [-0.05, 0) is 37.1 Å². The number of urea groups is 1. The minimum absolute atomic E-state index is 0.211. The molecule has 0 aliphatic carbocycles. The fraction of sp³-hybridized carbons (Fsp3) is 0.350. The average Bonchev–Trinajstić information content (AvgIpc) is 3.14. The highest BCUT2D eigenvalue weighted by atomic mass is 19.4. The first-order chi connectivity index (χ1) is 14.4. The number of amides is 2. The normalized spacial score (nSPS) is 15.4. The average molecular weight is 419 g/mol. The number of likely N-dealkylation sites (tertiary alicyclic amines) is 1. The van der Waals surface area contributed by atoms with Gasteiger partial charge in [-0.25, -0.2) is 14.8 Å². The van der Waals surface area contributed by atoms with Gasteiger partial charge in [0.15, 0.2) is 5.65 Å². The van der Waals surface area contributed by atoms with Crippen LogP contribution in [0.25, 0.3) is 11.2 Å². The fourth-order valence-electron chi connectivity index (χ4n) is 3.71. The third-order valence-corrected chi connectivity index (χ3v) is 5.14. The number of hydrogen-bond acceptors (Lipinski definition) is 4. The molecule has 1 N–H and O–H groups in total. The monoisotopic (exact) mass is 419 g/mol. The number of nitrogens with zero attached hydrogens (tertiary/aromatic N) is 4. The van der Waals surface area contributed by atoms with Gasteiger partial charge in [0.2, 0.25) is 5.82 Å². The maximum absolute atomic E-state index is 13.6. The van der Waals surface area contributed by atoms with E-state index >= 15 is 0 Å². The van der Waals surface area contributed by atoms with Crippen molar-refractivity contribution in [3.63, 3.8) is 0 Å². The van der Waals surface area contributed by atoms with Crippen molar-refractivity contribution in [1.82, 2.24) is 19.4 Å². The predicted molar refractivity (Wildman–Crippen MR) is 104 cm³/mol. The van der Waals surface area contributed by atoms with E-state index in [-0.39, 0.29) is 17.2 Å². The van der Waals surface area contributed by atoms with Crippen molar-refractivity contribution in [1.29, 1.82) is 0 Å². The Morgan fingerprint density at radius 3 is 2.67 bits per heavy atom. The largest absolute Gasteiger partial charge is 0.497 e. The molecule has 0 spiro atoms. The van der Waals surface area contributed by atoms with Crippen LogP contribution in [-0.2, 0) is 6.18 Å². The molecule has 0 unspecified atom stereocenters. The van der Waals surface area contributed by atoms with Crippen LogP contribution in [0.1, 0.15) is 24.7 Å². The Hall–Kier alpha value is -3.30. The minimum atomic E-state index is -4.58. The van der Waals surface area contributed by atoms with Gasteiger partial charge in [0, 0.05) is 37.1 Å². The summed E-state index contributed by atoms with van der Waals surface area (Å²) in [5, 5.41) is 2.80. The van der Waals surface area contributed by atoms with Gasteiger partial charge in [-0.15, -0.1) is 0 Å². The molecule has 10 heteroatoms. The lowest BCUT2D eigenvalue weighted by atomic mass is 10.0. The Morgan fingerprint density at radius 1 is 1.20 bits per heavy atom. The Kier molecular flexibility index (Phi) is 5.23. The summed E-state index contributed by atoms with van der Waals surface area (Å²) in [6.45, 7) is 0.647. The van der Waals surface area contributed by atoms with Gasteiger partial charge in [0.1, 0.15) is 11.3 Å². The summed E-state index contributed by atoms with van der Waals surface area (Å²) >= 11 is 0. The quantitative estimate of drug-likeness (QED) is 0.686. The van der Waals surface area contributed by atoms with Gasteiger partial charge >= 0.3 is 12.2 Å². The smallest absolute Gasteiger partial charge is 0.449 e. The molecule has 2 amide bonds. The summed E-state index contributed by atoms with van der Waals surface area (Å²) < 4.78 is 47.0. The Labute approximate surface area is 170 Å². The molecule has 3 aromatic rings. The number of carbonyl (C=O) groups excluding carboxylic acids is 1. The fourth-order valence-corrected chi connectivity index (χ4v) is 3.71. The molecule has 3 heterocycles. The molecule has 1 saturated heterocycles. The highest BCUT2D eigenvalue weighted by Gasteiger charge is 2.40. The number of pyridine rings is 1. The number of imidazole rings is 1. The van der Waals surface area contributed by atoms with E-state index in [1.165, 1.54) is 23.9 Å². The molecule has 4 rings (SSSR count).